The number of aryl methyl sites for hydroxylation is 1. The van der Waals surface area contributed by atoms with Gasteiger partial charge in [-0.25, -0.2) is 8.42 Å². The highest BCUT2D eigenvalue weighted by Gasteiger charge is 2.37. The van der Waals surface area contributed by atoms with Crippen LogP contribution in [0.4, 0.5) is 0 Å². The average molecular weight is 397 g/mol. The number of thioether (sulfide) groups is 1. The van der Waals surface area contributed by atoms with E-state index in [-0.39, 0.29) is 11.0 Å². The molecule has 0 fully saturated rings. The summed E-state index contributed by atoms with van der Waals surface area (Å²) in [4.78, 5) is 1.46. The minimum atomic E-state index is -3.29. The molecule has 4 rings (SSSR count). The first-order valence-corrected chi connectivity index (χ1v) is 11.3. The molecule has 3 aromatic rings. The largest absolute Gasteiger partial charge is 0.489 e. The summed E-state index contributed by atoms with van der Waals surface area (Å²) in [6.07, 6.45) is 0. The third kappa shape index (κ3) is 3.89. The molecule has 3 aromatic carbocycles. The molecule has 1 atom stereocenters. The fraction of sp³-hybridized carbons (Fsp3) is 0.182. The molecule has 27 heavy (non-hydrogen) atoms. The Bertz CT molecular complexity index is 1060. The smallest absolute Gasteiger partial charge is 0.180 e. The third-order valence-corrected chi connectivity index (χ3v) is 7.79. The van der Waals surface area contributed by atoms with Crippen LogP contribution in [0, 0.1) is 6.92 Å². The molecule has 5 heteroatoms. The zero-order chi connectivity index (χ0) is 18.9. The predicted molar refractivity (Wildman–Crippen MR) is 109 cm³/mol. The highest BCUT2D eigenvalue weighted by Crippen LogP contribution is 2.48. The molecule has 1 unspecified atom stereocenters. The van der Waals surface area contributed by atoms with Gasteiger partial charge in [0.1, 0.15) is 12.4 Å². The Balaban J connectivity index is 1.65. The first-order valence-electron chi connectivity index (χ1n) is 8.79. The van der Waals surface area contributed by atoms with Crippen LogP contribution in [0.2, 0.25) is 0 Å². The maximum absolute atomic E-state index is 12.7. The summed E-state index contributed by atoms with van der Waals surface area (Å²) < 4.78 is 31.4. The maximum atomic E-state index is 12.7. The predicted octanol–water partition coefficient (Wildman–Crippen LogP) is 5.19. The zero-order valence-electron chi connectivity index (χ0n) is 15.0. The van der Waals surface area contributed by atoms with Crippen molar-refractivity contribution in [3.63, 3.8) is 0 Å². The molecule has 0 aromatic heterocycles. The minimum absolute atomic E-state index is 0.104. The molecule has 3 nitrogen and oxygen atoms in total. The van der Waals surface area contributed by atoms with Crippen molar-refractivity contribution < 1.29 is 13.2 Å². The second-order valence-electron chi connectivity index (χ2n) is 6.65. The molecular formula is C22H20O3S2. The summed E-state index contributed by atoms with van der Waals surface area (Å²) in [5.74, 6) is 0.760. The number of sulfone groups is 1. The van der Waals surface area contributed by atoms with Gasteiger partial charge in [0.2, 0.25) is 0 Å². The minimum Gasteiger partial charge on any atom is -0.489 e. The van der Waals surface area contributed by atoms with Gasteiger partial charge in [-0.15, -0.1) is 11.8 Å². The van der Waals surface area contributed by atoms with E-state index in [9.17, 15) is 8.42 Å². The van der Waals surface area contributed by atoms with Gasteiger partial charge >= 0.3 is 0 Å². The SMILES string of the molecule is Cc1cccc(COc2cccc3c2C(Sc2ccccc2)CS3(=O)=O)c1. The molecule has 0 aliphatic carbocycles. The molecule has 1 aliphatic heterocycles. The molecule has 0 amide bonds. The van der Waals surface area contributed by atoms with Gasteiger partial charge in [0.15, 0.2) is 9.84 Å². The highest BCUT2D eigenvalue weighted by molar-refractivity contribution is 8.01. The van der Waals surface area contributed by atoms with Crippen LogP contribution in [-0.2, 0) is 16.4 Å². The number of hydrogen-bond acceptors (Lipinski definition) is 4. The average Bonchev–Trinajstić information content (AvgIpc) is 2.92. The Morgan fingerprint density at radius 1 is 1.00 bits per heavy atom. The first-order chi connectivity index (χ1) is 13.0. The Morgan fingerprint density at radius 2 is 1.78 bits per heavy atom. The fourth-order valence-electron chi connectivity index (χ4n) is 3.33. The highest BCUT2D eigenvalue weighted by atomic mass is 32.2. The van der Waals surface area contributed by atoms with Gasteiger partial charge in [0, 0.05) is 10.5 Å². The van der Waals surface area contributed by atoms with Crippen molar-refractivity contribution in [1.82, 2.24) is 0 Å². The first kappa shape index (κ1) is 18.1. The van der Waals surface area contributed by atoms with E-state index in [0.29, 0.717) is 17.3 Å². The number of benzene rings is 3. The summed E-state index contributed by atoms with van der Waals surface area (Å²) in [5.41, 5.74) is 3.04. The third-order valence-electron chi connectivity index (χ3n) is 4.55. The van der Waals surface area contributed by atoms with E-state index in [2.05, 4.69) is 6.07 Å². The van der Waals surface area contributed by atoms with Crippen LogP contribution in [0.15, 0.2) is 82.6 Å². The standard InChI is InChI=1S/C22H20O3S2/c1-16-7-5-8-17(13-16)14-25-19-11-6-12-21-22(19)20(15-27(21,23)24)26-18-9-3-2-4-10-18/h2-13,20H,14-15H2,1H3. The van der Waals surface area contributed by atoms with E-state index in [1.165, 1.54) is 5.56 Å². The van der Waals surface area contributed by atoms with Crippen LogP contribution in [0.1, 0.15) is 21.9 Å². The second-order valence-corrected chi connectivity index (χ2v) is 9.93. The summed E-state index contributed by atoms with van der Waals surface area (Å²) in [6.45, 7) is 2.46. The van der Waals surface area contributed by atoms with Gasteiger partial charge in [-0.3, -0.25) is 0 Å². The van der Waals surface area contributed by atoms with E-state index in [1.54, 1.807) is 23.9 Å². The van der Waals surface area contributed by atoms with Gasteiger partial charge in [0.25, 0.3) is 0 Å². The number of hydrogen-bond donors (Lipinski definition) is 0. The molecule has 1 heterocycles. The second kappa shape index (κ2) is 7.41. The van der Waals surface area contributed by atoms with E-state index >= 15 is 0 Å². The number of ether oxygens (including phenoxy) is 1. The van der Waals surface area contributed by atoms with Crippen LogP contribution in [0.3, 0.4) is 0 Å². The van der Waals surface area contributed by atoms with Crippen LogP contribution >= 0.6 is 11.8 Å². The van der Waals surface area contributed by atoms with Gasteiger partial charge in [0.05, 0.1) is 15.9 Å². The lowest BCUT2D eigenvalue weighted by Crippen LogP contribution is -2.01. The zero-order valence-corrected chi connectivity index (χ0v) is 16.6. The number of rotatable bonds is 5. The van der Waals surface area contributed by atoms with Gasteiger partial charge < -0.3 is 4.74 Å². The van der Waals surface area contributed by atoms with Gasteiger partial charge in [-0.1, -0.05) is 54.1 Å². The lowest BCUT2D eigenvalue weighted by atomic mass is 10.1. The summed E-state index contributed by atoms with van der Waals surface area (Å²) in [7, 11) is -3.29. The van der Waals surface area contributed by atoms with Crippen molar-refractivity contribution in [3.8, 4) is 5.75 Å². The van der Waals surface area contributed by atoms with Gasteiger partial charge in [-0.05, 0) is 36.8 Å². The van der Waals surface area contributed by atoms with Crippen molar-refractivity contribution in [3.05, 3.63) is 89.5 Å². The molecule has 0 saturated heterocycles. The van der Waals surface area contributed by atoms with Crippen molar-refractivity contribution in [2.75, 3.05) is 5.75 Å². The van der Waals surface area contributed by atoms with Crippen LogP contribution in [0.25, 0.3) is 0 Å². The molecule has 0 N–H and O–H groups in total. The van der Waals surface area contributed by atoms with Crippen molar-refractivity contribution in [1.29, 1.82) is 0 Å². The lowest BCUT2D eigenvalue weighted by molar-refractivity contribution is 0.302. The molecule has 0 spiro atoms. The summed E-state index contributed by atoms with van der Waals surface area (Å²) >= 11 is 1.58. The monoisotopic (exact) mass is 396 g/mol. The Kier molecular flexibility index (Phi) is 4.98. The quantitative estimate of drug-likeness (QED) is 0.595. The normalized spacial score (nSPS) is 17.4. The molecule has 0 saturated carbocycles. The maximum Gasteiger partial charge on any atom is 0.180 e. The van der Waals surface area contributed by atoms with E-state index in [0.717, 1.165) is 16.0 Å². The molecule has 0 bridgehead atoms. The van der Waals surface area contributed by atoms with Gasteiger partial charge in [-0.2, -0.15) is 0 Å². The topological polar surface area (TPSA) is 43.4 Å². The van der Waals surface area contributed by atoms with Crippen molar-refractivity contribution >= 4 is 21.6 Å². The van der Waals surface area contributed by atoms with E-state index in [1.807, 2.05) is 61.5 Å². The lowest BCUT2D eigenvalue weighted by Gasteiger charge is -2.15. The number of fused-ring (bicyclic) bond motifs is 1. The van der Waals surface area contributed by atoms with Crippen molar-refractivity contribution in [2.24, 2.45) is 0 Å². The van der Waals surface area contributed by atoms with Crippen LogP contribution in [0.5, 0.6) is 5.75 Å². The van der Waals surface area contributed by atoms with Crippen LogP contribution < -0.4 is 4.74 Å². The van der Waals surface area contributed by atoms with E-state index in [4.69, 9.17) is 4.74 Å². The summed E-state index contributed by atoms with van der Waals surface area (Å²) in [5, 5.41) is -0.166. The Labute approximate surface area is 164 Å². The molecule has 0 radical (unpaired) electrons. The molecule has 1 aliphatic rings. The van der Waals surface area contributed by atoms with Crippen molar-refractivity contribution in [2.45, 2.75) is 28.6 Å². The fourth-order valence-corrected chi connectivity index (χ4v) is 6.83. The Hall–Kier alpha value is -2.24. The van der Waals surface area contributed by atoms with Crippen LogP contribution in [-0.4, -0.2) is 14.2 Å². The summed E-state index contributed by atoms with van der Waals surface area (Å²) in [6, 6.07) is 23.4. The molecular weight excluding hydrogens is 376 g/mol. The Morgan fingerprint density at radius 3 is 2.56 bits per heavy atom. The molecule has 138 valence electrons. The van der Waals surface area contributed by atoms with E-state index < -0.39 is 9.84 Å².